The Morgan fingerprint density at radius 2 is 1.62 bits per heavy atom. The summed E-state index contributed by atoms with van der Waals surface area (Å²) in [5, 5.41) is 14.0. The number of nitrogens with zero attached hydrogens (tertiary/aromatic N) is 1. The van der Waals surface area contributed by atoms with Gasteiger partial charge in [-0.1, -0.05) is 36.4 Å². The summed E-state index contributed by atoms with van der Waals surface area (Å²) >= 11 is 0. The lowest BCUT2D eigenvalue weighted by Crippen LogP contribution is -2.18. The van der Waals surface area contributed by atoms with E-state index in [1.165, 1.54) is 17.7 Å². The van der Waals surface area contributed by atoms with Crippen LogP contribution >= 0.6 is 0 Å². The Labute approximate surface area is 142 Å². The Bertz CT molecular complexity index is 676. The Kier molecular flexibility index (Phi) is 6.06. The first kappa shape index (κ1) is 18.1. The molecule has 1 N–H and O–H groups in total. The fraction of sp³-hybridized carbons (Fsp3) is 0.368. The average molecular weight is 328 g/mol. The molecule has 0 spiro atoms. The number of rotatable bonds is 7. The van der Waals surface area contributed by atoms with E-state index in [1.807, 2.05) is 26.8 Å². The largest absolute Gasteiger partial charge is 0.371 e. The molecule has 0 aliphatic rings. The molecule has 2 rings (SSSR count). The second kappa shape index (κ2) is 8.04. The normalized spacial score (nSPS) is 11.5. The molecule has 0 saturated carbocycles. The zero-order valence-electron chi connectivity index (χ0n) is 14.4. The predicted octanol–water partition coefficient (Wildman–Crippen LogP) is 4.20. The van der Waals surface area contributed by atoms with Crippen LogP contribution in [-0.4, -0.2) is 10.5 Å². The van der Waals surface area contributed by atoms with Crippen molar-refractivity contribution in [2.24, 2.45) is 0 Å². The molecule has 2 aromatic carbocycles. The van der Waals surface area contributed by atoms with Crippen LogP contribution in [0.3, 0.4) is 0 Å². The zero-order chi connectivity index (χ0) is 17.6. The van der Waals surface area contributed by atoms with Crippen LogP contribution in [0.5, 0.6) is 0 Å². The molecule has 2 aromatic rings. The van der Waals surface area contributed by atoms with Gasteiger partial charge in [0.05, 0.1) is 17.1 Å². The number of nitro groups is 1. The molecule has 0 fully saturated rings. The highest BCUT2D eigenvalue weighted by atomic mass is 16.6. The topological polar surface area (TPSA) is 64.4 Å². The third kappa shape index (κ3) is 6.10. The number of nitro benzene ring substituents is 1. The van der Waals surface area contributed by atoms with E-state index in [4.69, 9.17) is 4.74 Å². The van der Waals surface area contributed by atoms with Crippen molar-refractivity contribution in [1.82, 2.24) is 5.32 Å². The molecule has 0 bridgehead atoms. The monoisotopic (exact) mass is 328 g/mol. The summed E-state index contributed by atoms with van der Waals surface area (Å²) < 4.78 is 5.80. The van der Waals surface area contributed by atoms with Crippen LogP contribution in [0, 0.1) is 10.1 Å². The molecule has 0 unspecified atom stereocenters. The van der Waals surface area contributed by atoms with Crippen molar-refractivity contribution in [2.45, 2.75) is 46.1 Å². The third-order valence-corrected chi connectivity index (χ3v) is 3.47. The van der Waals surface area contributed by atoms with E-state index in [2.05, 4.69) is 23.5 Å². The first-order valence-electron chi connectivity index (χ1n) is 7.99. The minimum atomic E-state index is -0.387. The fourth-order valence-electron chi connectivity index (χ4n) is 2.22. The van der Waals surface area contributed by atoms with Crippen molar-refractivity contribution in [2.75, 3.05) is 0 Å². The maximum atomic E-state index is 10.6. The molecule has 0 aliphatic heterocycles. The van der Waals surface area contributed by atoms with Gasteiger partial charge in [0.2, 0.25) is 0 Å². The van der Waals surface area contributed by atoms with Gasteiger partial charge in [0, 0.05) is 25.2 Å². The van der Waals surface area contributed by atoms with E-state index in [0.717, 1.165) is 17.7 Å². The Morgan fingerprint density at radius 3 is 2.25 bits per heavy atom. The van der Waals surface area contributed by atoms with Gasteiger partial charge in [-0.05, 0) is 37.5 Å². The highest BCUT2D eigenvalue weighted by molar-refractivity contribution is 5.32. The van der Waals surface area contributed by atoms with Crippen LogP contribution in [0.15, 0.2) is 48.5 Å². The predicted molar refractivity (Wildman–Crippen MR) is 94.6 cm³/mol. The summed E-state index contributed by atoms with van der Waals surface area (Å²) in [6.45, 7) is 8.13. The van der Waals surface area contributed by atoms with Crippen LogP contribution in [0.2, 0.25) is 0 Å². The SMILES string of the molecule is CC(C)(C)OCc1cccc(CNCc2ccc([N+](=O)[O-])cc2)c1. The maximum Gasteiger partial charge on any atom is 0.269 e. The first-order chi connectivity index (χ1) is 11.3. The van der Waals surface area contributed by atoms with E-state index in [1.54, 1.807) is 12.1 Å². The summed E-state index contributed by atoms with van der Waals surface area (Å²) in [4.78, 5) is 10.3. The molecule has 5 heteroatoms. The molecule has 128 valence electrons. The van der Waals surface area contributed by atoms with E-state index in [9.17, 15) is 10.1 Å². The van der Waals surface area contributed by atoms with Crippen molar-refractivity contribution < 1.29 is 9.66 Å². The number of hydrogen-bond donors (Lipinski definition) is 1. The molecule has 0 heterocycles. The lowest BCUT2D eigenvalue weighted by atomic mass is 10.1. The molecule has 0 saturated heterocycles. The third-order valence-electron chi connectivity index (χ3n) is 3.47. The lowest BCUT2D eigenvalue weighted by molar-refractivity contribution is -0.384. The van der Waals surface area contributed by atoms with Crippen molar-refractivity contribution in [3.05, 3.63) is 75.3 Å². The standard InChI is InChI=1S/C19H24N2O3/c1-19(2,3)24-14-17-6-4-5-16(11-17)13-20-12-15-7-9-18(10-8-15)21(22)23/h4-11,20H,12-14H2,1-3H3. The molecule has 5 nitrogen and oxygen atoms in total. The zero-order valence-corrected chi connectivity index (χ0v) is 14.4. The minimum Gasteiger partial charge on any atom is -0.371 e. The van der Waals surface area contributed by atoms with Crippen LogP contribution < -0.4 is 5.32 Å². The van der Waals surface area contributed by atoms with Crippen LogP contribution in [0.4, 0.5) is 5.69 Å². The van der Waals surface area contributed by atoms with Gasteiger partial charge >= 0.3 is 0 Å². The summed E-state index contributed by atoms with van der Waals surface area (Å²) in [7, 11) is 0. The number of ether oxygens (including phenoxy) is 1. The van der Waals surface area contributed by atoms with Crippen LogP contribution in [0.1, 0.15) is 37.5 Å². The first-order valence-corrected chi connectivity index (χ1v) is 7.99. The minimum absolute atomic E-state index is 0.116. The van der Waals surface area contributed by atoms with Gasteiger partial charge in [-0.2, -0.15) is 0 Å². The average Bonchev–Trinajstić information content (AvgIpc) is 2.53. The Balaban J connectivity index is 1.84. The molecule has 0 atom stereocenters. The number of hydrogen-bond acceptors (Lipinski definition) is 4. The van der Waals surface area contributed by atoms with Gasteiger partial charge in [0.1, 0.15) is 0 Å². The summed E-state index contributed by atoms with van der Waals surface area (Å²) in [6.07, 6.45) is 0. The molecular formula is C19H24N2O3. The summed E-state index contributed by atoms with van der Waals surface area (Å²) in [6, 6.07) is 14.9. The summed E-state index contributed by atoms with van der Waals surface area (Å²) in [5.74, 6) is 0. The highest BCUT2D eigenvalue weighted by Crippen LogP contribution is 2.14. The number of nitrogens with one attached hydrogen (secondary N) is 1. The van der Waals surface area contributed by atoms with Gasteiger partial charge in [-0.3, -0.25) is 10.1 Å². The van der Waals surface area contributed by atoms with Crippen molar-refractivity contribution in [3.63, 3.8) is 0 Å². The van der Waals surface area contributed by atoms with E-state index in [0.29, 0.717) is 13.2 Å². The molecule has 0 aliphatic carbocycles. The van der Waals surface area contributed by atoms with Gasteiger partial charge < -0.3 is 10.1 Å². The van der Waals surface area contributed by atoms with Gasteiger partial charge in [-0.15, -0.1) is 0 Å². The summed E-state index contributed by atoms with van der Waals surface area (Å²) in [5.41, 5.74) is 3.33. The molecule has 24 heavy (non-hydrogen) atoms. The molecular weight excluding hydrogens is 304 g/mol. The van der Waals surface area contributed by atoms with E-state index >= 15 is 0 Å². The van der Waals surface area contributed by atoms with Crippen LogP contribution in [0.25, 0.3) is 0 Å². The van der Waals surface area contributed by atoms with Crippen molar-refractivity contribution in [3.8, 4) is 0 Å². The van der Waals surface area contributed by atoms with E-state index in [-0.39, 0.29) is 16.2 Å². The van der Waals surface area contributed by atoms with Gasteiger partial charge in [0.25, 0.3) is 5.69 Å². The number of non-ortho nitro benzene ring substituents is 1. The van der Waals surface area contributed by atoms with Crippen molar-refractivity contribution in [1.29, 1.82) is 0 Å². The van der Waals surface area contributed by atoms with E-state index < -0.39 is 0 Å². The Morgan fingerprint density at radius 1 is 1.00 bits per heavy atom. The molecule has 0 amide bonds. The second-order valence-electron chi connectivity index (χ2n) is 6.75. The quantitative estimate of drug-likeness (QED) is 0.611. The molecule has 0 radical (unpaired) electrons. The Hall–Kier alpha value is -2.24. The van der Waals surface area contributed by atoms with Gasteiger partial charge in [0.15, 0.2) is 0 Å². The maximum absolute atomic E-state index is 10.6. The lowest BCUT2D eigenvalue weighted by Gasteiger charge is -2.19. The highest BCUT2D eigenvalue weighted by Gasteiger charge is 2.10. The smallest absolute Gasteiger partial charge is 0.269 e. The number of benzene rings is 2. The van der Waals surface area contributed by atoms with Crippen LogP contribution in [-0.2, 0) is 24.4 Å². The van der Waals surface area contributed by atoms with Crippen molar-refractivity contribution >= 4 is 5.69 Å². The van der Waals surface area contributed by atoms with Gasteiger partial charge in [-0.25, -0.2) is 0 Å². The second-order valence-corrected chi connectivity index (χ2v) is 6.75. The molecule has 0 aromatic heterocycles. The fourth-order valence-corrected chi connectivity index (χ4v) is 2.22.